The number of carbonyl (C=O) groups is 2. The van der Waals surface area contributed by atoms with Gasteiger partial charge in [0.05, 0.1) is 32.3 Å². The average Bonchev–Trinajstić information content (AvgIpc) is 2.62. The van der Waals surface area contributed by atoms with Crippen LogP contribution >= 0.6 is 0 Å². The molecule has 0 radical (unpaired) electrons. The van der Waals surface area contributed by atoms with Crippen LogP contribution in [0.2, 0.25) is 0 Å². The molecule has 0 heterocycles. The molecule has 132 valence electrons. The van der Waals surface area contributed by atoms with Crippen LogP contribution in [-0.4, -0.2) is 38.9 Å². The minimum absolute atomic E-state index is 0.322. The van der Waals surface area contributed by atoms with Gasteiger partial charge in [-0.25, -0.2) is 4.79 Å². The Balaban J connectivity index is 2.12. The smallest absolute Gasteiger partial charge is 0.338 e. The summed E-state index contributed by atoms with van der Waals surface area (Å²) in [6.45, 7) is 2.38. The number of ether oxygens (including phenoxy) is 4. The lowest BCUT2D eigenvalue weighted by molar-refractivity contribution is -0.151. The van der Waals surface area contributed by atoms with Gasteiger partial charge < -0.3 is 18.9 Å². The van der Waals surface area contributed by atoms with Crippen LogP contribution in [0.1, 0.15) is 43.0 Å². The van der Waals surface area contributed by atoms with Gasteiger partial charge in [0, 0.05) is 0 Å². The van der Waals surface area contributed by atoms with Gasteiger partial charge in [0.25, 0.3) is 0 Å². The Labute approximate surface area is 142 Å². The Hall–Kier alpha value is -2.24. The lowest BCUT2D eigenvalue weighted by Gasteiger charge is -2.29. The summed E-state index contributed by atoms with van der Waals surface area (Å²) in [5.74, 6) is -0.146. The quantitative estimate of drug-likeness (QED) is 0.744. The molecule has 2 rings (SSSR count). The maximum absolute atomic E-state index is 12.4. The molecular formula is C18H24O6. The predicted octanol–water partition coefficient (Wildman–Crippen LogP) is 2.98. The monoisotopic (exact) mass is 336 g/mol. The Bertz CT molecular complexity index is 583. The van der Waals surface area contributed by atoms with Crippen molar-refractivity contribution >= 4 is 11.9 Å². The fraction of sp³-hybridized carbons (Fsp3) is 0.556. The summed E-state index contributed by atoms with van der Waals surface area (Å²) in [5.41, 5.74) is 0.365. The van der Waals surface area contributed by atoms with E-state index in [-0.39, 0.29) is 5.97 Å². The summed E-state index contributed by atoms with van der Waals surface area (Å²) in [7, 11) is 2.87. The molecule has 1 aliphatic rings. The van der Waals surface area contributed by atoms with E-state index in [1.165, 1.54) is 14.2 Å². The number of rotatable bonds is 6. The van der Waals surface area contributed by atoms with E-state index in [1.807, 2.05) is 6.92 Å². The average molecular weight is 336 g/mol. The first kappa shape index (κ1) is 18.1. The number of hydrogen-bond acceptors (Lipinski definition) is 6. The molecule has 0 N–H and O–H groups in total. The molecule has 1 fully saturated rings. The fourth-order valence-electron chi connectivity index (χ4n) is 2.93. The third kappa shape index (κ3) is 4.19. The Morgan fingerprint density at radius 2 is 1.88 bits per heavy atom. The molecule has 0 amide bonds. The molecule has 0 spiro atoms. The van der Waals surface area contributed by atoms with Crippen LogP contribution in [0.5, 0.6) is 11.5 Å². The van der Waals surface area contributed by atoms with Gasteiger partial charge in [0.1, 0.15) is 6.10 Å². The van der Waals surface area contributed by atoms with E-state index in [1.54, 1.807) is 18.2 Å². The van der Waals surface area contributed by atoms with E-state index in [4.69, 9.17) is 18.9 Å². The number of carbonyl (C=O) groups excluding carboxylic acids is 2. The van der Waals surface area contributed by atoms with Gasteiger partial charge in [0.2, 0.25) is 0 Å². The minimum atomic E-state index is -0.475. The van der Waals surface area contributed by atoms with Crippen LogP contribution in [0.3, 0.4) is 0 Å². The lowest BCUT2D eigenvalue weighted by Crippen LogP contribution is -2.36. The van der Waals surface area contributed by atoms with Gasteiger partial charge >= 0.3 is 11.9 Å². The molecule has 1 aromatic carbocycles. The molecule has 0 aromatic heterocycles. The van der Waals surface area contributed by atoms with Crippen LogP contribution < -0.4 is 9.47 Å². The van der Waals surface area contributed by atoms with E-state index in [0.717, 1.165) is 12.8 Å². The molecule has 0 unspecified atom stereocenters. The van der Waals surface area contributed by atoms with Crippen LogP contribution in [0.15, 0.2) is 18.2 Å². The Kier molecular flexibility index (Phi) is 6.46. The molecule has 1 aliphatic carbocycles. The second-order valence-electron chi connectivity index (χ2n) is 5.66. The van der Waals surface area contributed by atoms with Crippen LogP contribution in [0.25, 0.3) is 0 Å². The van der Waals surface area contributed by atoms with Gasteiger partial charge in [-0.3, -0.25) is 4.79 Å². The van der Waals surface area contributed by atoms with E-state index >= 15 is 0 Å². The molecule has 2 atom stereocenters. The van der Waals surface area contributed by atoms with Gasteiger partial charge in [0.15, 0.2) is 11.5 Å². The zero-order valence-electron chi connectivity index (χ0n) is 14.4. The summed E-state index contributed by atoms with van der Waals surface area (Å²) < 4.78 is 21.1. The van der Waals surface area contributed by atoms with E-state index in [0.29, 0.717) is 36.5 Å². The van der Waals surface area contributed by atoms with Crippen molar-refractivity contribution in [1.29, 1.82) is 0 Å². The minimum Gasteiger partial charge on any atom is -0.493 e. The fourth-order valence-corrected chi connectivity index (χ4v) is 2.93. The second kappa shape index (κ2) is 8.57. The molecule has 6 heteroatoms. The largest absolute Gasteiger partial charge is 0.493 e. The Morgan fingerprint density at radius 1 is 1.12 bits per heavy atom. The normalized spacial score (nSPS) is 20.1. The SMILES string of the molecule is CCOc1ccc(C(=O)O[C@H]2CCCC[C@H]2C(=O)OC)cc1OC. The van der Waals surface area contributed by atoms with E-state index in [2.05, 4.69) is 0 Å². The topological polar surface area (TPSA) is 71.1 Å². The van der Waals surface area contributed by atoms with Crippen molar-refractivity contribution in [2.24, 2.45) is 5.92 Å². The summed E-state index contributed by atoms with van der Waals surface area (Å²) in [6, 6.07) is 4.90. The van der Waals surface area contributed by atoms with Crippen molar-refractivity contribution in [3.63, 3.8) is 0 Å². The first-order chi connectivity index (χ1) is 11.6. The highest BCUT2D eigenvalue weighted by Crippen LogP contribution is 2.31. The standard InChI is InChI=1S/C18H24O6/c1-4-23-15-10-9-12(11-16(15)21-2)17(19)24-14-8-6-5-7-13(14)18(20)22-3/h9-11,13-14H,4-8H2,1-3H3/t13-,14+/m1/s1. The van der Waals surface area contributed by atoms with Gasteiger partial charge in [-0.1, -0.05) is 6.42 Å². The van der Waals surface area contributed by atoms with Gasteiger partial charge in [-0.2, -0.15) is 0 Å². The number of benzene rings is 1. The number of hydrogen-bond donors (Lipinski definition) is 0. The maximum Gasteiger partial charge on any atom is 0.338 e. The summed E-state index contributed by atoms with van der Waals surface area (Å²) in [4.78, 5) is 24.3. The molecule has 24 heavy (non-hydrogen) atoms. The highest BCUT2D eigenvalue weighted by molar-refractivity contribution is 5.90. The number of methoxy groups -OCH3 is 2. The van der Waals surface area contributed by atoms with Crippen molar-refractivity contribution in [3.05, 3.63) is 23.8 Å². The van der Waals surface area contributed by atoms with Crippen LogP contribution in [-0.2, 0) is 14.3 Å². The lowest BCUT2D eigenvalue weighted by atomic mass is 9.86. The predicted molar refractivity (Wildman–Crippen MR) is 87.3 cm³/mol. The first-order valence-corrected chi connectivity index (χ1v) is 8.20. The second-order valence-corrected chi connectivity index (χ2v) is 5.66. The summed E-state index contributed by atoms with van der Waals surface area (Å²) >= 11 is 0. The molecule has 6 nitrogen and oxygen atoms in total. The van der Waals surface area contributed by atoms with Crippen LogP contribution in [0.4, 0.5) is 0 Å². The van der Waals surface area contributed by atoms with Crippen molar-refractivity contribution in [2.75, 3.05) is 20.8 Å². The highest BCUT2D eigenvalue weighted by Gasteiger charge is 2.34. The van der Waals surface area contributed by atoms with E-state index in [9.17, 15) is 9.59 Å². The molecule has 1 aromatic rings. The van der Waals surface area contributed by atoms with Crippen molar-refractivity contribution < 1.29 is 28.5 Å². The zero-order chi connectivity index (χ0) is 17.5. The molecule has 1 saturated carbocycles. The highest BCUT2D eigenvalue weighted by atomic mass is 16.6. The molecule has 0 bridgehead atoms. The summed E-state index contributed by atoms with van der Waals surface area (Å²) in [6.07, 6.45) is 2.76. The van der Waals surface area contributed by atoms with Crippen LogP contribution in [0, 0.1) is 5.92 Å². The maximum atomic E-state index is 12.4. The molecule has 0 aliphatic heterocycles. The van der Waals surface area contributed by atoms with Crippen molar-refractivity contribution in [2.45, 2.75) is 38.7 Å². The third-order valence-electron chi connectivity index (χ3n) is 4.16. The van der Waals surface area contributed by atoms with Crippen molar-refractivity contribution in [1.82, 2.24) is 0 Å². The Morgan fingerprint density at radius 3 is 2.54 bits per heavy atom. The summed E-state index contributed by atoms with van der Waals surface area (Å²) in [5, 5.41) is 0. The first-order valence-electron chi connectivity index (χ1n) is 8.20. The number of esters is 2. The molecular weight excluding hydrogens is 312 g/mol. The van der Waals surface area contributed by atoms with E-state index < -0.39 is 18.0 Å². The molecule has 0 saturated heterocycles. The van der Waals surface area contributed by atoms with Gasteiger partial charge in [-0.15, -0.1) is 0 Å². The third-order valence-corrected chi connectivity index (χ3v) is 4.16. The van der Waals surface area contributed by atoms with Crippen molar-refractivity contribution in [3.8, 4) is 11.5 Å². The zero-order valence-corrected chi connectivity index (χ0v) is 14.4. The van der Waals surface area contributed by atoms with Gasteiger partial charge in [-0.05, 0) is 44.4 Å².